The zero-order chi connectivity index (χ0) is 43.8. The Morgan fingerprint density at radius 1 is 0.893 bits per heavy atom. The van der Waals surface area contributed by atoms with Crippen LogP contribution in [0.3, 0.4) is 0 Å². The van der Waals surface area contributed by atoms with Crippen molar-refractivity contribution >= 4 is 46.8 Å². The van der Waals surface area contributed by atoms with Crippen LogP contribution >= 0.6 is 10.0 Å². The maximum atomic E-state index is 12.9. The Hall–Kier alpha value is -3.53. The van der Waals surface area contributed by atoms with Crippen molar-refractivity contribution in [3.8, 4) is 0 Å². The van der Waals surface area contributed by atoms with Gasteiger partial charge in [0, 0.05) is 38.7 Å². The van der Waals surface area contributed by atoms with Crippen LogP contribution in [0.4, 0.5) is 0 Å². The van der Waals surface area contributed by atoms with Crippen LogP contribution in [-0.4, -0.2) is 127 Å². The number of aldehydes is 1. The maximum absolute atomic E-state index is 12.9. The van der Waals surface area contributed by atoms with E-state index >= 15 is 0 Å². The molecule has 14 nitrogen and oxygen atoms in total. The lowest BCUT2D eigenvalue weighted by Gasteiger charge is -2.29. The van der Waals surface area contributed by atoms with E-state index < -0.39 is 16.0 Å². The summed E-state index contributed by atoms with van der Waals surface area (Å²) in [4.78, 5) is 46.8. The van der Waals surface area contributed by atoms with E-state index in [-0.39, 0.29) is 25.5 Å². The van der Waals surface area contributed by atoms with Crippen molar-refractivity contribution in [2.45, 2.75) is 125 Å². The molecule has 0 fully saturated rings. The molecule has 1 aliphatic heterocycles. The van der Waals surface area contributed by atoms with Gasteiger partial charge in [-0.2, -0.15) is 10.2 Å². The molecule has 15 heteroatoms. The number of aliphatic carboxylic acids is 1. The number of nitrogens with zero attached hydrogens (tertiary/aromatic N) is 4. The number of carboxylic acid groups (broad SMARTS) is 2. The summed E-state index contributed by atoms with van der Waals surface area (Å²) in [6.07, 6.45) is 19.8. The monoisotopic (exact) mass is 816 g/mol. The number of aliphatic hydroxyl groups excluding tert-OH is 1. The lowest BCUT2D eigenvalue weighted by Crippen LogP contribution is -2.42. The summed E-state index contributed by atoms with van der Waals surface area (Å²) in [5, 5.41) is 34.4. The van der Waals surface area contributed by atoms with Crippen molar-refractivity contribution in [1.29, 1.82) is 0 Å². The zero-order valence-electron chi connectivity index (χ0n) is 37.0. The second kappa shape index (κ2) is 41.1. The van der Waals surface area contributed by atoms with E-state index in [1.807, 2.05) is 24.8 Å². The third kappa shape index (κ3) is 34.9. The van der Waals surface area contributed by atoms with Gasteiger partial charge in [0.2, 0.25) is 5.91 Å². The number of carboxylic acids is 1. The van der Waals surface area contributed by atoms with Crippen molar-refractivity contribution in [2.75, 3.05) is 65.1 Å². The normalized spacial score (nSPS) is 11.9. The number of nitrogens with one attached hydrogen (secondary N) is 3. The maximum Gasteiger partial charge on any atom is 0.317 e. The predicted molar refractivity (Wildman–Crippen MR) is 237 cm³/mol. The highest BCUT2D eigenvalue weighted by molar-refractivity contribution is 8.32. The van der Waals surface area contributed by atoms with Crippen LogP contribution in [0, 0.1) is 5.92 Å². The van der Waals surface area contributed by atoms with Gasteiger partial charge in [0.15, 0.2) is 5.84 Å². The van der Waals surface area contributed by atoms with E-state index in [0.717, 1.165) is 56.4 Å². The molecule has 0 aromatic heterocycles. The number of benzene rings is 1. The van der Waals surface area contributed by atoms with Crippen LogP contribution in [-0.2, 0) is 25.7 Å². The van der Waals surface area contributed by atoms with Crippen molar-refractivity contribution in [2.24, 2.45) is 16.1 Å². The predicted octanol–water partition coefficient (Wildman–Crippen LogP) is 6.60. The van der Waals surface area contributed by atoms with E-state index in [9.17, 15) is 14.4 Å². The Morgan fingerprint density at radius 2 is 1.43 bits per heavy atom. The second-order valence-electron chi connectivity index (χ2n) is 13.7. The first-order valence-corrected chi connectivity index (χ1v) is 22.9. The Kier molecular flexibility index (Phi) is 43.4. The summed E-state index contributed by atoms with van der Waals surface area (Å²) in [6.45, 7) is 20.3. The Labute approximate surface area is 341 Å². The lowest BCUT2D eigenvalue weighted by atomic mass is 10.0. The lowest BCUT2D eigenvalue weighted by molar-refractivity contribution is -0.138. The number of carbonyl (C=O) groups is 4. The smallest absolute Gasteiger partial charge is 0.317 e. The third-order valence-corrected chi connectivity index (χ3v) is 9.36. The Bertz CT molecular complexity index is 1180. The summed E-state index contributed by atoms with van der Waals surface area (Å²) < 4.78 is 0. The molecule has 56 heavy (non-hydrogen) atoms. The van der Waals surface area contributed by atoms with Gasteiger partial charge in [0.05, 0.1) is 13.1 Å². The summed E-state index contributed by atoms with van der Waals surface area (Å²) in [5.74, 6) is 0.715. The highest BCUT2D eigenvalue weighted by atomic mass is 32.3. The van der Waals surface area contributed by atoms with Crippen molar-refractivity contribution in [1.82, 2.24) is 26.0 Å². The first kappa shape index (κ1) is 59.2. The molecule has 0 spiro atoms. The molecular formula is C41H81N7O7S. The van der Waals surface area contributed by atoms with E-state index in [0.29, 0.717) is 31.9 Å². The zero-order valence-corrected chi connectivity index (χ0v) is 37.8. The van der Waals surface area contributed by atoms with Gasteiger partial charge >= 0.3 is 5.97 Å². The average Bonchev–Trinajstić information content (AvgIpc) is 3.17. The van der Waals surface area contributed by atoms with Crippen LogP contribution in [0.25, 0.3) is 0 Å². The van der Waals surface area contributed by atoms with Crippen LogP contribution in [0.5, 0.6) is 0 Å². The molecule has 6 N–H and O–H groups in total. The quantitative estimate of drug-likeness (QED) is 0.0578. The molecule has 1 heterocycles. The van der Waals surface area contributed by atoms with Gasteiger partial charge in [-0.1, -0.05) is 100.0 Å². The number of carbonyl (C=O) groups excluding carboxylic acids is 2. The topological polar surface area (TPSA) is 196 Å². The van der Waals surface area contributed by atoms with Crippen molar-refractivity contribution in [3.63, 3.8) is 0 Å². The number of hydrogen-bond acceptors (Lipinski definition) is 11. The van der Waals surface area contributed by atoms with Gasteiger partial charge in [-0.3, -0.25) is 35.0 Å². The van der Waals surface area contributed by atoms with Gasteiger partial charge in [0.25, 0.3) is 6.47 Å². The third-order valence-electron chi connectivity index (χ3n) is 7.64. The number of amides is 1. The molecule has 1 unspecified atom stereocenters. The van der Waals surface area contributed by atoms with Gasteiger partial charge in [0.1, 0.15) is 12.6 Å². The largest absolute Gasteiger partial charge is 0.483 e. The highest BCUT2D eigenvalue weighted by Crippen LogP contribution is 2.47. The number of amidine groups is 1. The molecular weight excluding hydrogens is 735 g/mol. The standard InChI is InChI=1S/C24H41N7O3S.C9H20.C3H6O.C3H8.CH2O2.CH4O/c1-6-10-30(12-13-31(11-7-2)17-23(33)34)16-22(32)25-15-20-14-19(24-28-26-18-27-29-24)8-9-21(20)35(3,4)5;1-4-6-7-8-9(3)5-2;1-2-3-4;1-3-2;2-1-3;1-2/h8-9,14,18H,6-7,10-13,15-17H2,1-5H3,(H,25,32)(H,26,27)(H,28,29)(H,33,34);9H,4-8H2,1-3H3;3H,2H2,1H3;3H2,1-2H3;1H,(H,2,3);2H,1H3. The molecule has 1 atom stereocenters. The average molecular weight is 816 g/mol. The Balaban J connectivity index is -0.000000529. The first-order valence-electron chi connectivity index (χ1n) is 20.0. The van der Waals surface area contributed by atoms with E-state index in [4.69, 9.17) is 20.1 Å². The van der Waals surface area contributed by atoms with Crippen LogP contribution in [0.1, 0.15) is 124 Å². The molecule has 2 rings (SSSR count). The van der Waals surface area contributed by atoms with Crippen LogP contribution < -0.4 is 16.2 Å². The number of aliphatic hydroxyl groups is 1. The van der Waals surface area contributed by atoms with E-state index in [2.05, 4.69) is 104 Å². The molecule has 0 saturated heterocycles. The fourth-order valence-corrected chi connectivity index (χ4v) is 6.27. The first-order chi connectivity index (χ1) is 26.7. The van der Waals surface area contributed by atoms with E-state index in [1.54, 1.807) is 0 Å². The van der Waals surface area contributed by atoms with Gasteiger partial charge in [-0.15, -0.1) is 0 Å². The molecule has 1 aromatic rings. The molecule has 0 saturated carbocycles. The summed E-state index contributed by atoms with van der Waals surface area (Å²) in [7, 11) is -0.0149. The number of hydrogen-bond donors (Lipinski definition) is 6. The fourth-order valence-electron chi connectivity index (χ4n) is 4.88. The molecule has 0 bridgehead atoms. The minimum Gasteiger partial charge on any atom is -0.483 e. The molecule has 1 aliphatic rings. The highest BCUT2D eigenvalue weighted by Gasteiger charge is 2.18. The summed E-state index contributed by atoms with van der Waals surface area (Å²) in [6, 6.07) is 6.19. The number of rotatable bonds is 21. The van der Waals surface area contributed by atoms with Gasteiger partial charge < -0.3 is 25.4 Å². The van der Waals surface area contributed by atoms with E-state index in [1.165, 1.54) is 49.8 Å². The van der Waals surface area contributed by atoms with Crippen LogP contribution in [0.2, 0.25) is 0 Å². The Morgan fingerprint density at radius 3 is 1.84 bits per heavy atom. The molecule has 1 amide bonds. The van der Waals surface area contributed by atoms with Crippen LogP contribution in [0.15, 0.2) is 33.3 Å². The summed E-state index contributed by atoms with van der Waals surface area (Å²) in [5.41, 5.74) is 7.61. The van der Waals surface area contributed by atoms with Gasteiger partial charge in [-0.25, -0.2) is 10.0 Å². The number of unbranched alkanes of at least 4 members (excludes halogenated alkanes) is 2. The minimum absolute atomic E-state index is 0.0231. The molecule has 0 aliphatic carbocycles. The molecule has 0 radical (unpaired) electrons. The molecule has 328 valence electrons. The minimum atomic E-state index is -1.01. The number of hydrazone groups is 2. The van der Waals surface area contributed by atoms with Gasteiger partial charge in [-0.05, 0) is 73.2 Å². The molecule has 1 aromatic carbocycles. The van der Waals surface area contributed by atoms with Crippen molar-refractivity contribution < 1.29 is 34.5 Å². The fraction of sp³-hybridized carbons (Fsp3) is 0.707. The SMILES string of the molecule is CCC.CCC=O.CCCCCC(C)CC.CCCN(CCN(CCC)CC(=O)NCc1cc(C2=NNC=NN2)ccc1S(C)(C)C)CC(=O)O.CO.O=CO. The van der Waals surface area contributed by atoms with Crippen molar-refractivity contribution in [3.05, 3.63) is 29.3 Å². The second-order valence-corrected chi connectivity index (χ2v) is 17.9. The summed E-state index contributed by atoms with van der Waals surface area (Å²) >= 11 is 0.